The van der Waals surface area contributed by atoms with E-state index in [2.05, 4.69) is 15.6 Å². The van der Waals surface area contributed by atoms with Crippen molar-refractivity contribution in [2.45, 2.75) is 63.5 Å². The van der Waals surface area contributed by atoms with E-state index in [0.717, 1.165) is 37.7 Å². The number of guanidine groups is 1. The molecule has 11 nitrogen and oxygen atoms in total. The number of aliphatic imine (C=N–C) groups is 1. The zero-order valence-corrected chi connectivity index (χ0v) is 23.4. The Hall–Kier alpha value is -4.41. The van der Waals surface area contributed by atoms with E-state index < -0.39 is 23.9 Å². The van der Waals surface area contributed by atoms with Gasteiger partial charge in [-0.15, -0.1) is 0 Å². The highest BCUT2D eigenvalue weighted by molar-refractivity contribution is 5.95. The molecule has 41 heavy (non-hydrogen) atoms. The number of benzene rings is 2. The van der Waals surface area contributed by atoms with Crippen LogP contribution in [0.2, 0.25) is 0 Å². The Bertz CT molecular complexity index is 1210. The van der Waals surface area contributed by atoms with Crippen LogP contribution in [0.5, 0.6) is 0 Å². The molecule has 11 heteroatoms. The maximum Gasteiger partial charge on any atom is 0.247 e. The van der Waals surface area contributed by atoms with Crippen LogP contribution in [0, 0.1) is 17.2 Å². The van der Waals surface area contributed by atoms with Crippen molar-refractivity contribution in [3.05, 3.63) is 71.3 Å². The minimum Gasteiger partial charge on any atom is -0.384 e. The molecular weight excluding hydrogens is 520 g/mol. The topological polar surface area (TPSA) is 216 Å². The highest BCUT2D eigenvalue weighted by Crippen LogP contribution is 2.33. The number of carbonyl (C=O) groups is 3. The first-order valence-electron chi connectivity index (χ1n) is 14.1. The first-order valence-corrected chi connectivity index (χ1v) is 14.1. The fourth-order valence-electron chi connectivity index (χ4n) is 5.32. The molecule has 0 saturated heterocycles. The summed E-state index contributed by atoms with van der Waals surface area (Å²) in [4.78, 5) is 43.5. The Balaban J connectivity index is 1.81. The highest BCUT2D eigenvalue weighted by atomic mass is 16.2. The van der Waals surface area contributed by atoms with Crippen LogP contribution in [0.3, 0.4) is 0 Å². The number of nitrogens with two attached hydrogens (primary N) is 4. The average molecular weight is 563 g/mol. The summed E-state index contributed by atoms with van der Waals surface area (Å²) in [5.41, 5.74) is 24.1. The first kappa shape index (κ1) is 31.1. The monoisotopic (exact) mass is 562 g/mol. The molecule has 0 radical (unpaired) electrons. The largest absolute Gasteiger partial charge is 0.384 e. The van der Waals surface area contributed by atoms with Gasteiger partial charge in [0.25, 0.3) is 0 Å². The van der Waals surface area contributed by atoms with E-state index >= 15 is 0 Å². The Morgan fingerprint density at radius 1 is 0.878 bits per heavy atom. The van der Waals surface area contributed by atoms with E-state index in [9.17, 15) is 14.4 Å². The van der Waals surface area contributed by atoms with Gasteiger partial charge in [0.1, 0.15) is 17.9 Å². The van der Waals surface area contributed by atoms with Gasteiger partial charge in [-0.3, -0.25) is 24.8 Å². The molecule has 3 atom stereocenters. The van der Waals surface area contributed by atoms with Gasteiger partial charge in [0.2, 0.25) is 17.7 Å². The molecule has 1 unspecified atom stereocenters. The molecule has 0 aliphatic heterocycles. The van der Waals surface area contributed by atoms with Gasteiger partial charge in [-0.05, 0) is 49.1 Å². The zero-order chi connectivity index (χ0) is 29.8. The molecule has 3 rings (SSSR count). The number of nitrogens with zero attached hydrogens (tertiary/aromatic N) is 1. The third-order valence-corrected chi connectivity index (χ3v) is 7.56. The molecule has 1 saturated carbocycles. The second-order valence-electron chi connectivity index (χ2n) is 10.6. The van der Waals surface area contributed by atoms with E-state index in [1.54, 1.807) is 36.4 Å². The predicted molar refractivity (Wildman–Crippen MR) is 160 cm³/mol. The molecule has 1 aliphatic rings. The average Bonchev–Trinajstić information content (AvgIpc) is 2.96. The molecule has 1 aliphatic carbocycles. The summed E-state index contributed by atoms with van der Waals surface area (Å²) in [5.74, 6) is -1.69. The van der Waals surface area contributed by atoms with Gasteiger partial charge in [-0.25, -0.2) is 0 Å². The van der Waals surface area contributed by atoms with Crippen molar-refractivity contribution in [2.24, 2.45) is 39.8 Å². The lowest BCUT2D eigenvalue weighted by Gasteiger charge is -2.31. The number of hydrogen-bond donors (Lipinski definition) is 7. The molecule has 3 amide bonds. The smallest absolute Gasteiger partial charge is 0.247 e. The summed E-state index contributed by atoms with van der Waals surface area (Å²) >= 11 is 0. The number of carbonyl (C=O) groups excluding carboxylic acids is 3. The lowest BCUT2D eigenvalue weighted by molar-refractivity contribution is -0.134. The van der Waals surface area contributed by atoms with Crippen molar-refractivity contribution in [2.75, 3.05) is 6.54 Å². The Labute approximate surface area is 241 Å². The Morgan fingerprint density at radius 2 is 1.54 bits per heavy atom. The number of nitrogens with one attached hydrogen (secondary N) is 3. The molecule has 2 aromatic rings. The van der Waals surface area contributed by atoms with E-state index in [1.807, 2.05) is 18.2 Å². The molecular formula is C30H42N8O3. The van der Waals surface area contributed by atoms with E-state index in [4.69, 9.17) is 28.3 Å². The van der Waals surface area contributed by atoms with Gasteiger partial charge in [0.05, 0.1) is 0 Å². The quantitative estimate of drug-likeness (QED) is 0.103. The van der Waals surface area contributed by atoms with Crippen LogP contribution in [0.1, 0.15) is 67.7 Å². The van der Waals surface area contributed by atoms with Gasteiger partial charge < -0.3 is 33.6 Å². The van der Waals surface area contributed by atoms with Gasteiger partial charge in [-0.2, -0.15) is 0 Å². The maximum atomic E-state index is 13.9. The molecule has 0 bridgehead atoms. The van der Waals surface area contributed by atoms with Crippen LogP contribution in [-0.2, 0) is 20.8 Å². The fraction of sp³-hybridized carbons (Fsp3) is 0.433. The van der Waals surface area contributed by atoms with Gasteiger partial charge in [0.15, 0.2) is 5.96 Å². The minimum absolute atomic E-state index is 0.0136. The van der Waals surface area contributed by atoms with Gasteiger partial charge >= 0.3 is 0 Å². The van der Waals surface area contributed by atoms with Crippen molar-refractivity contribution < 1.29 is 14.4 Å². The number of primary amides is 1. The predicted octanol–water partition coefficient (Wildman–Crippen LogP) is 1.59. The van der Waals surface area contributed by atoms with Gasteiger partial charge in [-0.1, -0.05) is 73.9 Å². The second kappa shape index (κ2) is 15.4. The third kappa shape index (κ3) is 9.63. The standard InChI is InChI=1S/C30H42N8O3/c31-26(32)22-15-13-19(14-16-22)18-23(20-8-3-1-4-9-20)28(40)38-25(21-10-5-2-6-11-21)29(41)37-24(27(33)39)12-7-17-36-30(34)35/h2,5-6,10-11,13-16,20,23-25H,1,3-4,7-9,12,17-18H2,(H3,31,32)(H2,33,39)(H,37,41)(H,38,40)(H4,34,35,36)/t23?,24-,25-/m0/s1. The third-order valence-electron chi connectivity index (χ3n) is 7.56. The SMILES string of the molecule is N=C(N)c1ccc(CC(C(=O)N[C@H](C(=O)N[C@@H](CCCN=C(N)N)C(N)=O)c2ccccc2)C2CCCCC2)cc1. The molecule has 2 aromatic carbocycles. The minimum atomic E-state index is -1.02. The molecule has 220 valence electrons. The highest BCUT2D eigenvalue weighted by Gasteiger charge is 2.33. The van der Waals surface area contributed by atoms with Crippen molar-refractivity contribution in [1.82, 2.24) is 10.6 Å². The van der Waals surface area contributed by atoms with Crippen molar-refractivity contribution in [3.63, 3.8) is 0 Å². The summed E-state index contributed by atoms with van der Waals surface area (Å²) in [7, 11) is 0. The second-order valence-corrected chi connectivity index (χ2v) is 10.6. The number of amidine groups is 1. The number of nitrogen functional groups attached to an aromatic ring is 1. The molecule has 1 fully saturated rings. The van der Waals surface area contributed by atoms with Crippen LogP contribution in [0.4, 0.5) is 0 Å². The summed E-state index contributed by atoms with van der Waals surface area (Å²) in [6, 6.07) is 14.3. The van der Waals surface area contributed by atoms with E-state index in [0.29, 0.717) is 24.0 Å². The van der Waals surface area contributed by atoms with Crippen molar-refractivity contribution in [1.29, 1.82) is 5.41 Å². The molecule has 0 aromatic heterocycles. The maximum absolute atomic E-state index is 13.9. The van der Waals surface area contributed by atoms with Crippen LogP contribution in [-0.4, -0.2) is 42.1 Å². The summed E-state index contributed by atoms with van der Waals surface area (Å²) < 4.78 is 0. The van der Waals surface area contributed by atoms with Crippen molar-refractivity contribution >= 4 is 29.5 Å². The van der Waals surface area contributed by atoms with Crippen LogP contribution >= 0.6 is 0 Å². The normalized spacial score (nSPS) is 15.6. The summed E-state index contributed by atoms with van der Waals surface area (Å²) in [6.07, 6.45) is 6.30. The number of rotatable bonds is 14. The van der Waals surface area contributed by atoms with Crippen LogP contribution < -0.4 is 33.6 Å². The Morgan fingerprint density at radius 3 is 2.12 bits per heavy atom. The fourth-order valence-corrected chi connectivity index (χ4v) is 5.32. The van der Waals surface area contributed by atoms with E-state index in [1.165, 1.54) is 0 Å². The lowest BCUT2D eigenvalue weighted by atomic mass is 9.76. The Kier molecular flexibility index (Phi) is 11.7. The number of amides is 3. The van der Waals surface area contributed by atoms with Crippen LogP contribution in [0.25, 0.3) is 0 Å². The van der Waals surface area contributed by atoms with Crippen molar-refractivity contribution in [3.8, 4) is 0 Å². The van der Waals surface area contributed by atoms with Gasteiger partial charge in [0, 0.05) is 18.0 Å². The lowest BCUT2D eigenvalue weighted by Crippen LogP contribution is -2.50. The number of hydrogen-bond acceptors (Lipinski definition) is 5. The first-order chi connectivity index (χ1) is 19.7. The molecule has 0 spiro atoms. The summed E-state index contributed by atoms with van der Waals surface area (Å²) in [6.45, 7) is 0.289. The summed E-state index contributed by atoms with van der Waals surface area (Å²) in [5, 5.41) is 13.4. The van der Waals surface area contributed by atoms with E-state index in [-0.39, 0.29) is 42.5 Å². The molecule has 0 heterocycles. The molecule has 11 N–H and O–H groups in total. The zero-order valence-electron chi connectivity index (χ0n) is 23.4. The van der Waals surface area contributed by atoms with Crippen LogP contribution in [0.15, 0.2) is 59.6 Å².